The van der Waals surface area contributed by atoms with Crippen molar-refractivity contribution in [2.24, 2.45) is 0 Å². The van der Waals surface area contributed by atoms with Gasteiger partial charge in [-0.25, -0.2) is 0 Å². The molecule has 0 atom stereocenters. The number of hydrogen-bond donors (Lipinski definition) is 0. The fraction of sp³-hybridized carbons (Fsp3) is 1.00. The number of unbranched alkanes of at least 4 members (excludes halogenated alkanes) is 2. The van der Waals surface area contributed by atoms with Gasteiger partial charge in [0.15, 0.2) is 17.4 Å². The third-order valence-electron chi connectivity index (χ3n) is 1.71. The summed E-state index contributed by atoms with van der Waals surface area (Å²) in [6, 6.07) is 0. The molecule has 0 fully saturated rings. The predicted octanol–water partition coefficient (Wildman–Crippen LogP) is 2.17. The predicted molar refractivity (Wildman–Crippen MR) is 60.7 cm³/mol. The van der Waals surface area contributed by atoms with Crippen molar-refractivity contribution in [2.75, 3.05) is 0 Å². The Bertz CT molecular complexity index is 48.3. The molecule has 0 aliphatic heterocycles. The molecule has 0 N–H and O–H groups in total. The van der Waals surface area contributed by atoms with Crippen LogP contribution >= 0.6 is 0 Å². The molecule has 0 aromatic rings. The molecule has 0 nitrogen and oxygen atoms in total. The van der Waals surface area contributed by atoms with Gasteiger partial charge in [-0.15, -0.1) is 0 Å². The zero-order chi connectivity index (χ0) is 6.95. The Balaban J connectivity index is -0.000000107. The minimum absolute atomic E-state index is 0. The van der Waals surface area contributed by atoms with Crippen molar-refractivity contribution in [2.45, 2.75) is 50.1 Å². The highest BCUT2D eigenvalue weighted by Crippen LogP contribution is 1.99. The molecule has 64 valence electrons. The lowest BCUT2D eigenvalue weighted by molar-refractivity contribution is 0.851. The van der Waals surface area contributed by atoms with Gasteiger partial charge in [-0.05, 0) is 0 Å². The second kappa shape index (κ2) is 12.7. The largest absolute Gasteiger partial charge is 0.236 e. The molecule has 0 aromatic heterocycles. The molecule has 0 saturated heterocycles. The first-order valence-electron chi connectivity index (χ1n) is 4.41. The summed E-state index contributed by atoms with van der Waals surface area (Å²) in [7, 11) is 0. The highest BCUT2D eigenvalue weighted by atomic mass is 27.1. The maximum atomic E-state index is 2.29. The van der Waals surface area contributed by atoms with Crippen molar-refractivity contribution in [1.82, 2.24) is 0 Å². The fourth-order valence-corrected chi connectivity index (χ4v) is 3.09. The normalized spacial score (nSPS) is 8.60. The first kappa shape index (κ1) is 13.6. The summed E-state index contributed by atoms with van der Waals surface area (Å²) in [5.41, 5.74) is 0. The van der Waals surface area contributed by atoms with E-state index in [1.165, 1.54) is 25.7 Å². The van der Waals surface area contributed by atoms with Crippen LogP contribution in [0.25, 0.3) is 0 Å². The van der Waals surface area contributed by atoms with Crippen molar-refractivity contribution >= 4 is 32.6 Å². The van der Waals surface area contributed by atoms with Crippen LogP contribution in [-0.4, -0.2) is 32.6 Å². The van der Waals surface area contributed by atoms with Crippen LogP contribution in [0.2, 0.25) is 10.6 Å². The summed E-state index contributed by atoms with van der Waals surface area (Å²) >= 11 is 0.389. The third kappa shape index (κ3) is 11.8. The molecule has 10 heavy (non-hydrogen) atoms. The second-order valence-corrected chi connectivity index (χ2v) is 4.89. The Morgan fingerprint density at radius 3 is 1.70 bits per heavy atom. The van der Waals surface area contributed by atoms with E-state index in [1.807, 2.05) is 0 Å². The molecule has 0 aliphatic carbocycles. The van der Waals surface area contributed by atoms with E-state index >= 15 is 0 Å². The second-order valence-electron chi connectivity index (χ2n) is 2.77. The molecule has 0 aliphatic rings. The summed E-state index contributed by atoms with van der Waals surface area (Å²) < 4.78 is 0. The molecular weight excluding hydrogens is 150 g/mol. The Kier molecular flexibility index (Phi) is 17.3. The van der Waals surface area contributed by atoms with Crippen LogP contribution in [0.5, 0.6) is 0 Å². The molecule has 0 unspecified atom stereocenters. The van der Waals surface area contributed by atoms with Gasteiger partial charge in [0.25, 0.3) is 0 Å². The Morgan fingerprint density at radius 2 is 1.40 bits per heavy atom. The van der Waals surface area contributed by atoms with Crippen LogP contribution in [-0.2, 0) is 0 Å². The van der Waals surface area contributed by atoms with Crippen LogP contribution in [0.3, 0.4) is 0 Å². The highest BCUT2D eigenvalue weighted by molar-refractivity contribution is 6.35. The van der Waals surface area contributed by atoms with Gasteiger partial charge in [0.05, 0.1) is 0 Å². The Labute approximate surface area is 85.6 Å². The molecule has 0 saturated carbocycles. The van der Waals surface area contributed by atoms with Crippen LogP contribution in [0.4, 0.5) is 0 Å². The molecule has 0 amide bonds. The minimum atomic E-state index is 0. The summed E-state index contributed by atoms with van der Waals surface area (Å²) in [5.74, 6) is 0. The number of hydrogen-bond acceptors (Lipinski definition) is 0. The monoisotopic (exact) mass is 176 g/mol. The highest BCUT2D eigenvalue weighted by Gasteiger charge is 1.90. The fourth-order valence-electron chi connectivity index (χ4n) is 1.03. The van der Waals surface area contributed by atoms with Gasteiger partial charge in [0, 0.05) is 2.85 Å². The third-order valence-corrected chi connectivity index (χ3v) is 3.71. The van der Waals surface area contributed by atoms with E-state index in [4.69, 9.17) is 0 Å². The maximum absolute atomic E-state index is 2.29. The van der Waals surface area contributed by atoms with Crippen LogP contribution < -0.4 is 0 Å². The van der Waals surface area contributed by atoms with E-state index in [2.05, 4.69) is 13.8 Å². The zero-order valence-electron chi connectivity index (χ0n) is 6.95. The lowest BCUT2D eigenvalue weighted by Gasteiger charge is -1.92. The van der Waals surface area contributed by atoms with E-state index in [0.717, 1.165) is 0 Å². The van der Waals surface area contributed by atoms with Crippen molar-refractivity contribution < 1.29 is 2.85 Å². The quantitative estimate of drug-likeness (QED) is 0.430. The van der Waals surface area contributed by atoms with Gasteiger partial charge in [0.2, 0.25) is 15.2 Å². The topological polar surface area (TPSA) is 0 Å². The van der Waals surface area contributed by atoms with Gasteiger partial charge < -0.3 is 0 Å². The Hall–Kier alpha value is 1.06. The standard InChI is InChI=1S/2C4H9.2Al.2H2.4H/c2*1-3-4-2;;;;;;;;/h2*1,3-4H2,2H3;;;2*1H;;;;. The summed E-state index contributed by atoms with van der Waals surface area (Å²) in [6.45, 7) is 4.57. The lowest BCUT2D eigenvalue weighted by atomic mass is 10.4. The molecule has 0 heterocycles. The van der Waals surface area contributed by atoms with Crippen LogP contribution in [0.15, 0.2) is 0 Å². The molecular formula is C8H26Al2. The van der Waals surface area contributed by atoms with Gasteiger partial charge in [0.1, 0.15) is 0 Å². The molecule has 2 heteroatoms. The molecule has 0 spiro atoms. The molecule has 0 radical (unpaired) electrons. The molecule has 0 rings (SSSR count). The van der Waals surface area contributed by atoms with E-state index in [1.54, 1.807) is 10.6 Å². The average Bonchev–Trinajstić information content (AvgIpc) is 1.89. The SMILES string of the molecule is CCC[CH2][AlH][CH2]CCC.[AlH3].[HH].[HH]. The zero-order valence-corrected chi connectivity index (χ0v) is 8.36. The van der Waals surface area contributed by atoms with E-state index in [9.17, 15) is 0 Å². The first-order valence-corrected chi connectivity index (χ1v) is 6.41. The average molecular weight is 176 g/mol. The van der Waals surface area contributed by atoms with E-state index in [-0.39, 0.29) is 20.2 Å². The molecule has 0 aromatic carbocycles. The first-order chi connectivity index (χ1) is 4.41. The number of rotatable bonds is 6. The van der Waals surface area contributed by atoms with Crippen molar-refractivity contribution in [1.29, 1.82) is 0 Å². The Morgan fingerprint density at radius 1 is 1.00 bits per heavy atom. The van der Waals surface area contributed by atoms with Crippen LogP contribution in [0.1, 0.15) is 42.4 Å². The van der Waals surface area contributed by atoms with Gasteiger partial charge >= 0.3 is 0 Å². The summed E-state index contributed by atoms with van der Waals surface area (Å²) in [4.78, 5) is 0. The summed E-state index contributed by atoms with van der Waals surface area (Å²) in [6.07, 6.45) is 5.80. The van der Waals surface area contributed by atoms with Gasteiger partial charge in [-0.2, -0.15) is 0 Å². The van der Waals surface area contributed by atoms with Crippen molar-refractivity contribution in [3.63, 3.8) is 0 Å². The lowest BCUT2D eigenvalue weighted by Crippen LogP contribution is -1.87. The van der Waals surface area contributed by atoms with Crippen molar-refractivity contribution in [3.8, 4) is 0 Å². The van der Waals surface area contributed by atoms with Gasteiger partial charge in [-0.1, -0.05) is 50.1 Å². The van der Waals surface area contributed by atoms with Gasteiger partial charge in [-0.3, -0.25) is 0 Å². The smallest absolute Gasteiger partial charge is 0.0973 e. The van der Waals surface area contributed by atoms with Crippen molar-refractivity contribution in [3.05, 3.63) is 0 Å². The van der Waals surface area contributed by atoms with E-state index < -0.39 is 0 Å². The maximum Gasteiger partial charge on any atom is 0.236 e. The van der Waals surface area contributed by atoms with E-state index in [0.29, 0.717) is 15.2 Å². The van der Waals surface area contributed by atoms with Crippen LogP contribution in [0, 0.1) is 0 Å². The summed E-state index contributed by atoms with van der Waals surface area (Å²) in [5, 5.41) is 3.19. The molecule has 0 bridgehead atoms. The minimum Gasteiger partial charge on any atom is -0.0973 e.